The highest BCUT2D eigenvalue weighted by molar-refractivity contribution is 7.17. The molecule has 9 heteroatoms. The number of primary amides is 1. The van der Waals surface area contributed by atoms with Gasteiger partial charge in [-0.1, -0.05) is 35.1 Å². The van der Waals surface area contributed by atoms with Gasteiger partial charge in [-0.3, -0.25) is 9.59 Å². The van der Waals surface area contributed by atoms with Gasteiger partial charge in [-0.2, -0.15) is 0 Å². The summed E-state index contributed by atoms with van der Waals surface area (Å²) in [6, 6.07) is 0. The molecular formula is C16H20N6O2S. The van der Waals surface area contributed by atoms with Crippen LogP contribution in [0.15, 0.2) is 40.6 Å². The second kappa shape index (κ2) is 8.25. The molecule has 7 N–H and O–H groups in total. The van der Waals surface area contributed by atoms with E-state index < -0.39 is 5.91 Å². The Morgan fingerprint density at radius 2 is 2.00 bits per heavy atom. The fraction of sp³-hybridized carbons (Fsp3) is 0.250. The molecule has 0 aromatic carbocycles. The standard InChI is InChI=1S/C16H20N6O2S/c1-9(23)20-16-22-12(13(25-16)14(17)24)8-6-10-3-2-4-11(7-5-10)21-15(18)19/h3-5,7H,2,6,8H2,1H3,(H2,17,24)(H4,18,19,21)(H,20,22,23). The SMILES string of the molecule is CC(=O)Nc1nc(CCC2=CCC=C(N=C(N)N)C=C2)c(C(N)=O)s1. The van der Waals surface area contributed by atoms with Crippen LogP contribution in [-0.2, 0) is 11.2 Å². The van der Waals surface area contributed by atoms with Gasteiger partial charge in [0, 0.05) is 6.92 Å². The predicted octanol–water partition coefficient (Wildman–Crippen LogP) is 1.18. The van der Waals surface area contributed by atoms with Gasteiger partial charge >= 0.3 is 0 Å². The number of hydrogen-bond acceptors (Lipinski definition) is 5. The first-order valence-corrected chi connectivity index (χ1v) is 8.41. The monoisotopic (exact) mass is 360 g/mol. The molecule has 1 heterocycles. The van der Waals surface area contributed by atoms with Crippen molar-refractivity contribution in [2.45, 2.75) is 26.2 Å². The Kier molecular flexibility index (Phi) is 6.07. The second-order valence-electron chi connectivity index (χ2n) is 5.35. The van der Waals surface area contributed by atoms with Crippen LogP contribution in [0, 0.1) is 0 Å². The number of carbonyl (C=O) groups excluding carboxylic acids is 2. The fourth-order valence-electron chi connectivity index (χ4n) is 2.26. The number of aliphatic imine (C=N–C) groups is 1. The molecule has 8 nitrogen and oxygen atoms in total. The summed E-state index contributed by atoms with van der Waals surface area (Å²) in [4.78, 5) is 31.4. The van der Waals surface area contributed by atoms with E-state index in [4.69, 9.17) is 17.2 Å². The van der Waals surface area contributed by atoms with Crippen LogP contribution in [0.1, 0.15) is 35.1 Å². The smallest absolute Gasteiger partial charge is 0.260 e. The summed E-state index contributed by atoms with van der Waals surface area (Å²) in [5.74, 6) is -0.784. The number of rotatable bonds is 6. The van der Waals surface area contributed by atoms with Crippen LogP contribution in [0.4, 0.5) is 5.13 Å². The Morgan fingerprint density at radius 3 is 2.64 bits per heavy atom. The van der Waals surface area contributed by atoms with Crippen molar-refractivity contribution >= 4 is 34.2 Å². The van der Waals surface area contributed by atoms with Crippen LogP contribution in [0.25, 0.3) is 0 Å². The minimum atomic E-state index is -0.550. The maximum Gasteiger partial charge on any atom is 0.260 e. The van der Waals surface area contributed by atoms with E-state index in [9.17, 15) is 9.59 Å². The lowest BCUT2D eigenvalue weighted by Crippen LogP contribution is -2.22. The van der Waals surface area contributed by atoms with Gasteiger partial charge < -0.3 is 22.5 Å². The summed E-state index contributed by atoms with van der Waals surface area (Å²) in [5, 5.41) is 2.95. The van der Waals surface area contributed by atoms with Crippen molar-refractivity contribution in [3.05, 3.63) is 46.1 Å². The molecule has 0 saturated heterocycles. The minimum Gasteiger partial charge on any atom is -0.370 e. The highest BCUT2D eigenvalue weighted by Crippen LogP contribution is 2.25. The molecular weight excluding hydrogens is 340 g/mol. The lowest BCUT2D eigenvalue weighted by molar-refractivity contribution is -0.114. The topological polar surface area (TPSA) is 149 Å². The molecule has 2 amide bonds. The molecule has 0 fully saturated rings. The predicted molar refractivity (Wildman–Crippen MR) is 99.0 cm³/mol. The van der Waals surface area contributed by atoms with Crippen LogP contribution >= 0.6 is 11.3 Å². The van der Waals surface area contributed by atoms with Crippen molar-refractivity contribution in [2.24, 2.45) is 22.2 Å². The Labute approximate surface area is 149 Å². The second-order valence-corrected chi connectivity index (χ2v) is 6.35. The number of carbonyl (C=O) groups is 2. The van der Waals surface area contributed by atoms with Crippen molar-refractivity contribution in [3.8, 4) is 0 Å². The van der Waals surface area contributed by atoms with Gasteiger partial charge in [-0.05, 0) is 25.3 Å². The number of aryl methyl sites for hydroxylation is 1. The summed E-state index contributed by atoms with van der Waals surface area (Å²) in [6.45, 7) is 1.38. The van der Waals surface area contributed by atoms with E-state index in [-0.39, 0.29) is 11.9 Å². The third-order valence-corrected chi connectivity index (χ3v) is 4.32. The summed E-state index contributed by atoms with van der Waals surface area (Å²) in [7, 11) is 0. The lowest BCUT2D eigenvalue weighted by Gasteiger charge is -2.01. The van der Waals surface area contributed by atoms with Gasteiger partial charge in [0.1, 0.15) is 4.88 Å². The largest absolute Gasteiger partial charge is 0.370 e. The molecule has 0 atom stereocenters. The van der Waals surface area contributed by atoms with Crippen LogP contribution in [0.5, 0.6) is 0 Å². The molecule has 0 radical (unpaired) electrons. The number of allylic oxidation sites excluding steroid dienone is 5. The first-order chi connectivity index (χ1) is 11.8. The van der Waals surface area contributed by atoms with Gasteiger partial charge in [0.05, 0.1) is 11.4 Å². The molecule has 0 unspecified atom stereocenters. The van der Waals surface area contributed by atoms with E-state index in [0.717, 1.165) is 16.9 Å². The normalized spacial score (nSPS) is 13.5. The van der Waals surface area contributed by atoms with Gasteiger partial charge in [0.2, 0.25) is 5.91 Å². The maximum atomic E-state index is 11.6. The molecule has 0 aliphatic heterocycles. The third kappa shape index (κ3) is 5.57. The fourth-order valence-corrected chi connectivity index (χ4v) is 3.17. The minimum absolute atomic E-state index is 0.0124. The molecule has 0 saturated carbocycles. The summed E-state index contributed by atoms with van der Waals surface area (Å²) in [6.07, 6.45) is 9.62. The quantitative estimate of drug-likeness (QED) is 0.444. The Bertz CT molecular complexity index is 800. The van der Waals surface area contributed by atoms with Crippen molar-refractivity contribution in [1.82, 2.24) is 4.98 Å². The van der Waals surface area contributed by atoms with Gasteiger partial charge in [-0.15, -0.1) is 0 Å². The van der Waals surface area contributed by atoms with E-state index in [0.29, 0.717) is 40.7 Å². The number of guanidine groups is 1. The van der Waals surface area contributed by atoms with Gasteiger partial charge in [0.25, 0.3) is 5.91 Å². The molecule has 132 valence electrons. The van der Waals surface area contributed by atoms with Crippen LogP contribution in [-0.4, -0.2) is 22.8 Å². The van der Waals surface area contributed by atoms with Crippen molar-refractivity contribution in [1.29, 1.82) is 0 Å². The zero-order valence-corrected chi connectivity index (χ0v) is 14.6. The number of amides is 2. The average Bonchev–Trinajstić information content (AvgIpc) is 2.77. The van der Waals surface area contributed by atoms with E-state index in [2.05, 4.69) is 21.4 Å². The summed E-state index contributed by atoms with van der Waals surface area (Å²) >= 11 is 1.08. The Hall–Kier alpha value is -2.94. The number of thiazole rings is 1. The van der Waals surface area contributed by atoms with E-state index in [1.54, 1.807) is 0 Å². The van der Waals surface area contributed by atoms with Crippen LogP contribution in [0.3, 0.4) is 0 Å². The number of anilines is 1. The van der Waals surface area contributed by atoms with Crippen molar-refractivity contribution < 1.29 is 9.59 Å². The molecule has 1 aliphatic rings. The van der Waals surface area contributed by atoms with E-state index in [1.807, 2.05) is 18.2 Å². The number of nitrogens with zero attached hydrogens (tertiary/aromatic N) is 2. The van der Waals surface area contributed by atoms with E-state index in [1.165, 1.54) is 6.92 Å². The zero-order chi connectivity index (χ0) is 18.4. The van der Waals surface area contributed by atoms with Crippen molar-refractivity contribution in [3.63, 3.8) is 0 Å². The lowest BCUT2D eigenvalue weighted by atomic mass is 10.1. The molecule has 0 bridgehead atoms. The molecule has 1 aromatic heterocycles. The zero-order valence-electron chi connectivity index (χ0n) is 13.8. The summed E-state index contributed by atoms with van der Waals surface area (Å²) in [5.41, 5.74) is 18.5. The molecule has 0 spiro atoms. The number of hydrogen-bond donors (Lipinski definition) is 4. The number of nitrogens with two attached hydrogens (primary N) is 3. The maximum absolute atomic E-state index is 11.6. The van der Waals surface area contributed by atoms with Crippen molar-refractivity contribution in [2.75, 3.05) is 5.32 Å². The van der Waals surface area contributed by atoms with Gasteiger partial charge in [0.15, 0.2) is 11.1 Å². The van der Waals surface area contributed by atoms with Gasteiger partial charge in [-0.25, -0.2) is 9.98 Å². The molecule has 25 heavy (non-hydrogen) atoms. The average molecular weight is 360 g/mol. The third-order valence-electron chi connectivity index (χ3n) is 3.29. The number of aromatic nitrogens is 1. The first-order valence-electron chi connectivity index (χ1n) is 7.59. The van der Waals surface area contributed by atoms with Crippen LogP contribution in [0.2, 0.25) is 0 Å². The highest BCUT2D eigenvalue weighted by Gasteiger charge is 2.16. The summed E-state index contributed by atoms with van der Waals surface area (Å²) < 4.78 is 0. The number of nitrogens with one attached hydrogen (secondary N) is 1. The molecule has 1 aromatic rings. The Balaban J connectivity index is 2.07. The van der Waals surface area contributed by atoms with E-state index >= 15 is 0 Å². The highest BCUT2D eigenvalue weighted by atomic mass is 32.1. The van der Waals surface area contributed by atoms with Crippen LogP contribution < -0.4 is 22.5 Å². The molecule has 1 aliphatic carbocycles. The molecule has 2 rings (SSSR count). The first kappa shape index (κ1) is 18.4. The Morgan fingerprint density at radius 1 is 1.24 bits per heavy atom.